The smallest absolute Gasteiger partial charge is 0.335 e. The van der Waals surface area contributed by atoms with Crippen molar-refractivity contribution in [1.29, 1.82) is 5.41 Å². The number of hydrogen-bond acceptors (Lipinski definition) is 3. The van der Waals surface area contributed by atoms with Crippen molar-refractivity contribution in [3.05, 3.63) is 71.3 Å². The largest absolute Gasteiger partial charge is 0.478 e. The summed E-state index contributed by atoms with van der Waals surface area (Å²) in [6.45, 7) is 0.320. The van der Waals surface area contributed by atoms with Gasteiger partial charge in [-0.1, -0.05) is 30.3 Å². The summed E-state index contributed by atoms with van der Waals surface area (Å²) in [7, 11) is 0. The molecule has 0 aromatic heterocycles. The second-order valence-corrected chi connectivity index (χ2v) is 3.99. The van der Waals surface area contributed by atoms with E-state index < -0.39 is 5.97 Å². The van der Waals surface area contributed by atoms with Gasteiger partial charge in [0.05, 0.1) is 5.56 Å². The lowest BCUT2D eigenvalue weighted by Gasteiger charge is -2.07. The fraction of sp³-hybridized carbons (Fsp3) is 0.0667. The molecule has 4 nitrogen and oxygen atoms in total. The Kier molecular flexibility index (Phi) is 3.93. The van der Waals surface area contributed by atoms with E-state index in [1.807, 2.05) is 30.3 Å². The van der Waals surface area contributed by atoms with Crippen molar-refractivity contribution >= 4 is 11.9 Å². The minimum atomic E-state index is -0.983. The Balaban J connectivity index is 1.98. The van der Waals surface area contributed by atoms with Crippen LogP contribution in [0.25, 0.3) is 0 Å². The molecule has 0 radical (unpaired) electrons. The first-order valence-corrected chi connectivity index (χ1v) is 5.76. The first kappa shape index (κ1) is 12.8. The molecular weight excluding hydrogens is 242 g/mol. The van der Waals surface area contributed by atoms with E-state index in [0.717, 1.165) is 5.56 Å². The van der Waals surface area contributed by atoms with E-state index >= 15 is 0 Å². The molecule has 0 spiro atoms. The molecule has 0 heterocycles. The van der Waals surface area contributed by atoms with Crippen molar-refractivity contribution in [2.45, 2.75) is 6.61 Å². The number of benzene rings is 2. The van der Waals surface area contributed by atoms with Crippen LogP contribution in [0.2, 0.25) is 0 Å². The van der Waals surface area contributed by atoms with Gasteiger partial charge in [0.1, 0.15) is 6.61 Å². The highest BCUT2D eigenvalue weighted by Crippen LogP contribution is 2.08. The molecule has 0 saturated heterocycles. The van der Waals surface area contributed by atoms with E-state index in [2.05, 4.69) is 0 Å². The average molecular weight is 255 g/mol. The van der Waals surface area contributed by atoms with Crippen molar-refractivity contribution in [3.63, 3.8) is 0 Å². The van der Waals surface area contributed by atoms with Gasteiger partial charge in [-0.15, -0.1) is 0 Å². The number of rotatable bonds is 4. The number of carbonyl (C=O) groups is 1. The van der Waals surface area contributed by atoms with E-state index in [4.69, 9.17) is 15.3 Å². The van der Waals surface area contributed by atoms with Gasteiger partial charge in [0, 0.05) is 5.56 Å². The summed E-state index contributed by atoms with van der Waals surface area (Å²) in [4.78, 5) is 10.7. The summed E-state index contributed by atoms with van der Waals surface area (Å²) >= 11 is 0. The Labute approximate surface area is 110 Å². The number of hydrogen-bond donors (Lipinski definition) is 2. The molecule has 0 aliphatic carbocycles. The third kappa shape index (κ3) is 3.42. The Morgan fingerprint density at radius 1 is 1.00 bits per heavy atom. The second kappa shape index (κ2) is 5.82. The topological polar surface area (TPSA) is 70.4 Å². The Bertz CT molecular complexity index is 576. The van der Waals surface area contributed by atoms with Crippen LogP contribution in [0.1, 0.15) is 21.5 Å². The Hall–Kier alpha value is -2.62. The molecule has 0 atom stereocenters. The first-order valence-electron chi connectivity index (χ1n) is 5.76. The monoisotopic (exact) mass is 255 g/mol. The first-order chi connectivity index (χ1) is 9.16. The molecule has 0 unspecified atom stereocenters. The van der Waals surface area contributed by atoms with E-state index in [1.165, 1.54) is 12.1 Å². The lowest BCUT2D eigenvalue weighted by molar-refractivity contribution is 0.0697. The molecule has 4 heteroatoms. The molecule has 0 fully saturated rings. The van der Waals surface area contributed by atoms with Crippen LogP contribution < -0.4 is 0 Å². The molecule has 2 N–H and O–H groups in total. The summed E-state index contributed by atoms with van der Waals surface area (Å²) < 4.78 is 5.35. The number of carboxylic acid groups (broad SMARTS) is 1. The van der Waals surface area contributed by atoms with E-state index in [-0.39, 0.29) is 11.5 Å². The van der Waals surface area contributed by atoms with Crippen LogP contribution in [0, 0.1) is 5.41 Å². The minimum absolute atomic E-state index is 0.0285. The quantitative estimate of drug-likeness (QED) is 0.651. The van der Waals surface area contributed by atoms with Crippen molar-refractivity contribution in [3.8, 4) is 0 Å². The Morgan fingerprint density at radius 3 is 2.16 bits per heavy atom. The van der Waals surface area contributed by atoms with Crippen LogP contribution in [0.5, 0.6) is 0 Å². The third-order valence-corrected chi connectivity index (χ3v) is 2.62. The molecule has 2 aromatic rings. The maximum absolute atomic E-state index is 10.7. The van der Waals surface area contributed by atoms with Crippen molar-refractivity contribution in [2.24, 2.45) is 0 Å². The fourth-order valence-corrected chi connectivity index (χ4v) is 1.58. The molecule has 0 bridgehead atoms. The highest BCUT2D eigenvalue weighted by Gasteiger charge is 2.06. The van der Waals surface area contributed by atoms with Crippen LogP contribution >= 0.6 is 0 Å². The van der Waals surface area contributed by atoms with Gasteiger partial charge in [-0.25, -0.2) is 4.79 Å². The second-order valence-electron chi connectivity index (χ2n) is 3.99. The van der Waals surface area contributed by atoms with Crippen molar-refractivity contribution in [2.75, 3.05) is 0 Å². The van der Waals surface area contributed by atoms with Gasteiger partial charge in [0.25, 0.3) is 0 Å². The van der Waals surface area contributed by atoms with Gasteiger partial charge < -0.3 is 9.84 Å². The molecule has 0 aliphatic heterocycles. The highest BCUT2D eigenvalue weighted by molar-refractivity contribution is 5.93. The summed E-state index contributed by atoms with van der Waals surface area (Å²) in [6.07, 6.45) is 0. The number of aromatic carboxylic acids is 1. The standard InChI is InChI=1S/C15H13NO3/c16-14(19-10-11-4-2-1-3-5-11)12-6-8-13(9-7-12)15(17)18/h1-9,16H,10H2,(H,17,18). The predicted molar refractivity (Wildman–Crippen MR) is 71.5 cm³/mol. The summed E-state index contributed by atoms with van der Waals surface area (Å²) in [5, 5.41) is 16.6. The van der Waals surface area contributed by atoms with Crippen molar-refractivity contribution in [1.82, 2.24) is 0 Å². The number of nitrogens with one attached hydrogen (secondary N) is 1. The third-order valence-electron chi connectivity index (χ3n) is 2.62. The lowest BCUT2D eigenvalue weighted by Crippen LogP contribution is -2.06. The summed E-state index contributed by atoms with van der Waals surface area (Å²) in [6, 6.07) is 15.6. The Morgan fingerprint density at radius 2 is 1.58 bits per heavy atom. The molecular formula is C15H13NO3. The van der Waals surface area contributed by atoms with Gasteiger partial charge >= 0.3 is 5.97 Å². The predicted octanol–water partition coefficient (Wildman–Crippen LogP) is 2.93. The SMILES string of the molecule is N=C(OCc1ccccc1)c1ccc(C(=O)O)cc1. The van der Waals surface area contributed by atoms with Crippen LogP contribution in [-0.2, 0) is 11.3 Å². The minimum Gasteiger partial charge on any atom is -0.478 e. The fourth-order valence-electron chi connectivity index (χ4n) is 1.58. The highest BCUT2D eigenvalue weighted by atomic mass is 16.5. The summed E-state index contributed by atoms with van der Waals surface area (Å²) in [5.41, 5.74) is 1.73. The van der Waals surface area contributed by atoms with E-state index in [0.29, 0.717) is 12.2 Å². The normalized spacial score (nSPS) is 9.89. The zero-order chi connectivity index (χ0) is 13.7. The lowest BCUT2D eigenvalue weighted by atomic mass is 10.1. The van der Waals surface area contributed by atoms with Gasteiger partial charge in [-0.05, 0) is 29.8 Å². The van der Waals surface area contributed by atoms with Gasteiger partial charge in [0.2, 0.25) is 5.90 Å². The van der Waals surface area contributed by atoms with Crippen molar-refractivity contribution < 1.29 is 14.6 Å². The maximum atomic E-state index is 10.7. The van der Waals surface area contributed by atoms with Gasteiger partial charge in [-0.3, -0.25) is 5.41 Å². The van der Waals surface area contributed by atoms with E-state index in [9.17, 15) is 4.79 Å². The van der Waals surface area contributed by atoms with Crippen LogP contribution in [-0.4, -0.2) is 17.0 Å². The molecule has 0 aliphatic rings. The molecule has 0 amide bonds. The summed E-state index contributed by atoms with van der Waals surface area (Å²) in [5.74, 6) is -0.955. The molecule has 0 saturated carbocycles. The zero-order valence-electron chi connectivity index (χ0n) is 10.2. The van der Waals surface area contributed by atoms with Crippen LogP contribution in [0.3, 0.4) is 0 Å². The van der Waals surface area contributed by atoms with Crippen LogP contribution in [0.4, 0.5) is 0 Å². The zero-order valence-corrected chi connectivity index (χ0v) is 10.2. The molecule has 96 valence electrons. The molecule has 2 aromatic carbocycles. The number of carboxylic acids is 1. The molecule has 2 rings (SSSR count). The van der Waals surface area contributed by atoms with Gasteiger partial charge in [-0.2, -0.15) is 0 Å². The maximum Gasteiger partial charge on any atom is 0.335 e. The van der Waals surface area contributed by atoms with E-state index in [1.54, 1.807) is 12.1 Å². The van der Waals surface area contributed by atoms with Gasteiger partial charge in [0.15, 0.2) is 0 Å². The average Bonchev–Trinajstić information content (AvgIpc) is 2.46. The van der Waals surface area contributed by atoms with Crippen LogP contribution in [0.15, 0.2) is 54.6 Å². The number of ether oxygens (including phenoxy) is 1. The molecule has 19 heavy (non-hydrogen) atoms.